The third-order valence-electron chi connectivity index (χ3n) is 4.98. The molecule has 1 heterocycles. The van der Waals surface area contributed by atoms with Crippen LogP contribution in [0.1, 0.15) is 30.9 Å². The van der Waals surface area contributed by atoms with Crippen molar-refractivity contribution in [3.63, 3.8) is 0 Å². The van der Waals surface area contributed by atoms with Gasteiger partial charge < -0.3 is 10.1 Å². The maximum atomic E-state index is 6.19. The highest BCUT2D eigenvalue weighted by Gasteiger charge is 2.12. The van der Waals surface area contributed by atoms with Crippen LogP contribution in [0.4, 0.5) is 5.95 Å². The van der Waals surface area contributed by atoms with Crippen LogP contribution in [0.15, 0.2) is 60.7 Å². The lowest BCUT2D eigenvalue weighted by Crippen LogP contribution is -2.10. The Morgan fingerprint density at radius 2 is 1.87 bits per heavy atom. The minimum Gasteiger partial charge on any atom is -0.489 e. The van der Waals surface area contributed by atoms with Crippen LogP contribution in [0.25, 0.3) is 10.8 Å². The Morgan fingerprint density at radius 1 is 1.03 bits per heavy atom. The summed E-state index contributed by atoms with van der Waals surface area (Å²) in [6.07, 6.45) is 2.12. The SMILES string of the molecule is CCCCn1nnnc1NCc1c(OCc2ccc(Cl)cc2)ccc2ccccc12. The summed E-state index contributed by atoms with van der Waals surface area (Å²) in [5.74, 6) is 1.50. The summed E-state index contributed by atoms with van der Waals surface area (Å²) in [5.41, 5.74) is 2.14. The van der Waals surface area contributed by atoms with Gasteiger partial charge in [-0.2, -0.15) is 0 Å². The molecular weight excluding hydrogens is 398 g/mol. The lowest BCUT2D eigenvalue weighted by atomic mass is 10.0. The van der Waals surface area contributed by atoms with Crippen LogP contribution in [0, 0.1) is 0 Å². The lowest BCUT2D eigenvalue weighted by Gasteiger charge is -2.15. The highest BCUT2D eigenvalue weighted by molar-refractivity contribution is 6.30. The quantitative estimate of drug-likeness (QED) is 0.388. The molecule has 0 aliphatic carbocycles. The van der Waals surface area contributed by atoms with E-state index in [-0.39, 0.29) is 0 Å². The number of halogens is 1. The first kappa shape index (κ1) is 20.2. The zero-order valence-corrected chi connectivity index (χ0v) is 17.6. The number of unbranched alkanes of at least 4 members (excludes halogenated alkanes) is 1. The summed E-state index contributed by atoms with van der Waals surface area (Å²) in [7, 11) is 0. The molecule has 1 N–H and O–H groups in total. The van der Waals surface area contributed by atoms with Crippen LogP contribution in [-0.2, 0) is 19.7 Å². The molecular formula is C23H24ClN5O. The molecule has 4 rings (SSSR count). The number of hydrogen-bond acceptors (Lipinski definition) is 5. The van der Waals surface area contributed by atoms with Crippen molar-refractivity contribution >= 4 is 28.3 Å². The zero-order valence-electron chi connectivity index (χ0n) is 16.9. The summed E-state index contributed by atoms with van der Waals surface area (Å²) >= 11 is 5.99. The fourth-order valence-corrected chi connectivity index (χ4v) is 3.46. The predicted molar refractivity (Wildman–Crippen MR) is 120 cm³/mol. The van der Waals surface area contributed by atoms with Crippen molar-refractivity contribution in [1.82, 2.24) is 20.2 Å². The topological polar surface area (TPSA) is 64.9 Å². The Bertz CT molecular complexity index is 1110. The average molecular weight is 422 g/mol. The second kappa shape index (κ2) is 9.59. The van der Waals surface area contributed by atoms with Gasteiger partial charge in [-0.1, -0.05) is 72.5 Å². The summed E-state index contributed by atoms with van der Waals surface area (Å²) in [6.45, 7) is 3.97. The maximum Gasteiger partial charge on any atom is 0.243 e. The number of nitrogens with one attached hydrogen (secondary N) is 1. The van der Waals surface area contributed by atoms with Gasteiger partial charge in [-0.05, 0) is 51.4 Å². The number of aromatic nitrogens is 4. The Balaban J connectivity index is 1.57. The van der Waals surface area contributed by atoms with Crippen molar-refractivity contribution in [2.24, 2.45) is 0 Å². The van der Waals surface area contributed by atoms with Crippen LogP contribution in [0.2, 0.25) is 5.02 Å². The molecule has 0 spiro atoms. The van der Waals surface area contributed by atoms with Crippen molar-refractivity contribution in [2.75, 3.05) is 5.32 Å². The maximum absolute atomic E-state index is 6.19. The molecule has 6 nitrogen and oxygen atoms in total. The molecule has 0 saturated heterocycles. The number of benzene rings is 3. The number of hydrogen-bond donors (Lipinski definition) is 1. The largest absolute Gasteiger partial charge is 0.489 e. The monoisotopic (exact) mass is 421 g/mol. The zero-order chi connectivity index (χ0) is 20.8. The van der Waals surface area contributed by atoms with Crippen molar-refractivity contribution in [1.29, 1.82) is 0 Å². The van der Waals surface area contributed by atoms with Gasteiger partial charge >= 0.3 is 0 Å². The van der Waals surface area contributed by atoms with Gasteiger partial charge in [0.25, 0.3) is 0 Å². The molecule has 0 unspecified atom stereocenters. The Labute approximate surface area is 180 Å². The van der Waals surface area contributed by atoms with Gasteiger partial charge in [-0.25, -0.2) is 4.68 Å². The minimum absolute atomic E-state index is 0.469. The van der Waals surface area contributed by atoms with Crippen molar-refractivity contribution in [2.45, 2.75) is 39.5 Å². The number of rotatable bonds is 9. The van der Waals surface area contributed by atoms with Crippen LogP contribution in [-0.4, -0.2) is 20.2 Å². The third kappa shape index (κ3) is 4.71. The van der Waals surface area contributed by atoms with E-state index in [1.165, 1.54) is 5.39 Å². The van der Waals surface area contributed by atoms with Crippen LogP contribution in [0.5, 0.6) is 5.75 Å². The Kier molecular flexibility index (Phi) is 6.44. The van der Waals surface area contributed by atoms with Gasteiger partial charge in [0.1, 0.15) is 12.4 Å². The third-order valence-corrected chi connectivity index (χ3v) is 5.24. The number of aryl methyl sites for hydroxylation is 1. The van der Waals surface area contributed by atoms with Crippen LogP contribution in [0.3, 0.4) is 0 Å². The molecule has 0 bridgehead atoms. The van der Waals surface area contributed by atoms with Crippen LogP contribution < -0.4 is 10.1 Å². The molecule has 3 aromatic carbocycles. The summed E-state index contributed by atoms with van der Waals surface area (Å²) < 4.78 is 8.00. The van der Waals surface area contributed by atoms with Gasteiger partial charge in [0.15, 0.2) is 0 Å². The fourth-order valence-electron chi connectivity index (χ4n) is 3.33. The fraction of sp³-hybridized carbons (Fsp3) is 0.261. The molecule has 0 saturated carbocycles. The molecule has 0 radical (unpaired) electrons. The minimum atomic E-state index is 0.469. The molecule has 0 fully saturated rings. The highest BCUT2D eigenvalue weighted by Crippen LogP contribution is 2.29. The van der Waals surface area contributed by atoms with Crippen molar-refractivity contribution in [3.8, 4) is 5.75 Å². The molecule has 0 aliphatic rings. The van der Waals surface area contributed by atoms with E-state index in [1.54, 1.807) is 0 Å². The number of nitrogens with zero attached hydrogens (tertiary/aromatic N) is 4. The number of anilines is 1. The number of tetrazole rings is 1. The van der Waals surface area contributed by atoms with Gasteiger partial charge in [-0.15, -0.1) is 0 Å². The molecule has 30 heavy (non-hydrogen) atoms. The van der Waals surface area contributed by atoms with E-state index in [2.05, 4.69) is 46.0 Å². The van der Waals surface area contributed by atoms with E-state index in [0.717, 1.165) is 46.7 Å². The van der Waals surface area contributed by atoms with Gasteiger partial charge in [-0.3, -0.25) is 0 Å². The molecule has 154 valence electrons. The molecule has 0 amide bonds. The van der Waals surface area contributed by atoms with E-state index >= 15 is 0 Å². The van der Waals surface area contributed by atoms with E-state index < -0.39 is 0 Å². The van der Waals surface area contributed by atoms with E-state index in [1.807, 2.05) is 47.1 Å². The molecule has 7 heteroatoms. The van der Waals surface area contributed by atoms with Crippen molar-refractivity contribution < 1.29 is 4.74 Å². The second-order valence-corrected chi connectivity index (χ2v) is 7.55. The molecule has 0 atom stereocenters. The number of fused-ring (bicyclic) bond motifs is 1. The average Bonchev–Trinajstić information content (AvgIpc) is 3.23. The van der Waals surface area contributed by atoms with Gasteiger partial charge in [0, 0.05) is 23.7 Å². The van der Waals surface area contributed by atoms with Crippen LogP contribution >= 0.6 is 11.6 Å². The van der Waals surface area contributed by atoms with E-state index in [9.17, 15) is 0 Å². The normalized spacial score (nSPS) is 11.0. The van der Waals surface area contributed by atoms with E-state index in [0.29, 0.717) is 19.1 Å². The molecule has 1 aromatic heterocycles. The highest BCUT2D eigenvalue weighted by atomic mass is 35.5. The summed E-state index contributed by atoms with van der Waals surface area (Å²) in [5, 5.41) is 18.4. The standard InChI is InChI=1S/C23H24ClN5O/c1-2-3-14-29-23(26-27-28-29)25-15-21-20-7-5-4-6-18(20)10-13-22(21)30-16-17-8-11-19(24)12-9-17/h4-13H,2-3,14-16H2,1H3,(H,25,26,28). The molecule has 0 aliphatic heterocycles. The first-order valence-corrected chi connectivity index (χ1v) is 10.5. The van der Waals surface area contributed by atoms with Gasteiger partial charge in [0.2, 0.25) is 5.95 Å². The second-order valence-electron chi connectivity index (χ2n) is 7.11. The lowest BCUT2D eigenvalue weighted by molar-refractivity contribution is 0.304. The summed E-state index contributed by atoms with van der Waals surface area (Å²) in [6, 6.07) is 20.1. The number of ether oxygens (including phenoxy) is 1. The van der Waals surface area contributed by atoms with Gasteiger partial charge in [0.05, 0.1) is 0 Å². The van der Waals surface area contributed by atoms with E-state index in [4.69, 9.17) is 16.3 Å². The smallest absolute Gasteiger partial charge is 0.243 e. The predicted octanol–water partition coefficient (Wildman–Crippen LogP) is 5.47. The first-order valence-electron chi connectivity index (χ1n) is 10.1. The Morgan fingerprint density at radius 3 is 2.70 bits per heavy atom. The van der Waals surface area contributed by atoms with Crippen molar-refractivity contribution in [3.05, 3.63) is 76.8 Å². The summed E-state index contributed by atoms with van der Waals surface area (Å²) in [4.78, 5) is 0. The first-order chi connectivity index (χ1) is 14.7. The molecule has 4 aromatic rings. The Hall–Kier alpha value is -3.12.